The molecule has 0 bridgehead atoms. The number of carbonyl (C=O) groups excluding carboxylic acids is 2. The monoisotopic (exact) mass is 580 g/mol. The standard InChI is InChI=1S/C26H29ClF3N7O3/c1-36(2)14-16-7-9-19(10-8-16)37-15-24(40-35-37)34-25(39)31-18-12-21(26(28,29)30)32-22(13-18)33-23(38)11-17-5-3-4-6-20(17)27/h3-6,12-13,15-16,19H,7-11,14H2,1-2H3,(H2-,31,32,33,34,35,38,39)/p+1. The molecule has 214 valence electrons. The maximum Gasteiger partial charge on any atom is 0.433 e. The zero-order valence-electron chi connectivity index (χ0n) is 22.0. The molecule has 2 heterocycles. The predicted octanol–water partition coefficient (Wildman–Crippen LogP) is 5.15. The van der Waals surface area contributed by atoms with Crippen molar-refractivity contribution in [2.75, 3.05) is 36.6 Å². The fourth-order valence-electron chi connectivity index (χ4n) is 4.68. The van der Waals surface area contributed by atoms with Gasteiger partial charge in [0.05, 0.1) is 6.42 Å². The summed E-state index contributed by atoms with van der Waals surface area (Å²) in [6.07, 6.45) is 0.485. The number of carbonyl (C=O) groups is 2. The maximum atomic E-state index is 13.5. The number of anilines is 3. The lowest BCUT2D eigenvalue weighted by molar-refractivity contribution is -0.787. The summed E-state index contributed by atoms with van der Waals surface area (Å²) in [4.78, 5) is 30.7. The third-order valence-corrected chi connectivity index (χ3v) is 6.85. The summed E-state index contributed by atoms with van der Waals surface area (Å²) >= 11 is 6.06. The van der Waals surface area contributed by atoms with E-state index in [1.807, 2.05) is 0 Å². The number of amides is 3. The number of urea groups is 1. The second kappa shape index (κ2) is 12.6. The average Bonchev–Trinajstić information content (AvgIpc) is 3.33. The van der Waals surface area contributed by atoms with E-state index in [0.29, 0.717) is 22.6 Å². The number of hydrogen-bond donors (Lipinski definition) is 3. The van der Waals surface area contributed by atoms with Crippen molar-refractivity contribution < 1.29 is 32.0 Å². The Morgan fingerprint density at radius 3 is 2.50 bits per heavy atom. The van der Waals surface area contributed by atoms with Gasteiger partial charge in [0.1, 0.15) is 11.5 Å². The lowest BCUT2D eigenvalue weighted by atomic mass is 9.86. The van der Waals surface area contributed by atoms with Crippen LogP contribution in [0.4, 0.5) is 35.4 Å². The Morgan fingerprint density at radius 2 is 1.82 bits per heavy atom. The largest absolute Gasteiger partial charge is 0.433 e. The molecule has 3 amide bonds. The first-order valence-electron chi connectivity index (χ1n) is 12.7. The number of nitrogens with one attached hydrogen (secondary N) is 3. The molecule has 3 N–H and O–H groups in total. The Balaban J connectivity index is 1.39. The Bertz CT molecular complexity index is 1340. The van der Waals surface area contributed by atoms with Crippen LogP contribution in [0.15, 0.2) is 47.1 Å². The molecule has 1 saturated carbocycles. The minimum Gasteiger partial charge on any atom is -0.310 e. The number of alkyl halides is 3. The van der Waals surface area contributed by atoms with E-state index in [-0.39, 0.29) is 29.9 Å². The molecule has 10 nitrogen and oxygen atoms in total. The van der Waals surface area contributed by atoms with Gasteiger partial charge in [-0.2, -0.15) is 13.2 Å². The third-order valence-electron chi connectivity index (χ3n) is 6.48. The number of hydrogen-bond acceptors (Lipinski definition) is 6. The van der Waals surface area contributed by atoms with E-state index < -0.39 is 23.8 Å². The van der Waals surface area contributed by atoms with Crippen molar-refractivity contribution in [3.05, 3.63) is 58.9 Å². The molecule has 0 atom stereocenters. The Labute approximate surface area is 233 Å². The molecule has 4 rings (SSSR count). The first kappa shape index (κ1) is 29.3. The summed E-state index contributed by atoms with van der Waals surface area (Å²) in [5, 5.41) is 11.4. The molecule has 1 aromatic carbocycles. The Morgan fingerprint density at radius 1 is 1.10 bits per heavy atom. The van der Waals surface area contributed by atoms with Gasteiger partial charge in [0.15, 0.2) is 6.04 Å². The van der Waals surface area contributed by atoms with Gasteiger partial charge in [-0.1, -0.05) is 29.8 Å². The molecule has 40 heavy (non-hydrogen) atoms. The molecule has 0 aliphatic heterocycles. The van der Waals surface area contributed by atoms with Gasteiger partial charge in [-0.25, -0.2) is 9.78 Å². The van der Waals surface area contributed by atoms with Gasteiger partial charge in [-0.15, -0.1) is 0 Å². The van der Waals surface area contributed by atoms with Gasteiger partial charge in [-0.3, -0.25) is 14.6 Å². The number of rotatable bonds is 8. The fourth-order valence-corrected chi connectivity index (χ4v) is 4.88. The summed E-state index contributed by atoms with van der Waals surface area (Å²) in [6, 6.07) is 7.66. The smallest absolute Gasteiger partial charge is 0.310 e. The lowest BCUT2D eigenvalue weighted by Gasteiger charge is -2.26. The zero-order chi connectivity index (χ0) is 28.9. The summed E-state index contributed by atoms with van der Waals surface area (Å²) in [6.45, 7) is 1.03. The van der Waals surface area contributed by atoms with E-state index in [9.17, 15) is 22.8 Å². The molecule has 1 fully saturated rings. The first-order valence-corrected chi connectivity index (χ1v) is 13.1. The van der Waals surface area contributed by atoms with E-state index >= 15 is 0 Å². The van der Waals surface area contributed by atoms with Crippen molar-refractivity contribution in [3.8, 4) is 0 Å². The van der Waals surface area contributed by atoms with Gasteiger partial charge in [-0.05, 0) is 55.2 Å². The van der Waals surface area contributed by atoms with Crippen molar-refractivity contribution in [3.63, 3.8) is 0 Å². The van der Waals surface area contributed by atoms with E-state index in [1.165, 1.54) is 0 Å². The van der Waals surface area contributed by atoms with Crippen molar-refractivity contribution in [1.82, 2.24) is 15.2 Å². The van der Waals surface area contributed by atoms with Crippen molar-refractivity contribution in [2.24, 2.45) is 5.92 Å². The highest BCUT2D eigenvalue weighted by molar-refractivity contribution is 6.31. The molecule has 3 aromatic rings. The minimum atomic E-state index is -4.82. The molecule has 0 unspecified atom stereocenters. The highest BCUT2D eigenvalue weighted by Crippen LogP contribution is 2.31. The molecule has 0 spiro atoms. The van der Waals surface area contributed by atoms with Crippen molar-refractivity contribution in [2.45, 2.75) is 44.3 Å². The predicted molar refractivity (Wildman–Crippen MR) is 142 cm³/mol. The molecule has 14 heteroatoms. The Kier molecular flexibility index (Phi) is 9.25. The van der Waals surface area contributed by atoms with Crippen LogP contribution in [0.3, 0.4) is 0 Å². The summed E-state index contributed by atoms with van der Waals surface area (Å²) in [7, 11) is 4.10. The van der Waals surface area contributed by atoms with Gasteiger partial charge >= 0.3 is 18.1 Å². The summed E-state index contributed by atoms with van der Waals surface area (Å²) < 4.78 is 47.3. The zero-order valence-corrected chi connectivity index (χ0v) is 22.7. The third kappa shape index (κ3) is 8.15. The van der Waals surface area contributed by atoms with Crippen LogP contribution >= 0.6 is 11.6 Å². The molecule has 1 aliphatic carbocycles. The van der Waals surface area contributed by atoms with Crippen LogP contribution < -0.4 is 20.6 Å². The molecule has 2 aromatic heterocycles. The van der Waals surface area contributed by atoms with E-state index in [0.717, 1.165) is 38.3 Å². The lowest BCUT2D eigenvalue weighted by Crippen LogP contribution is -2.43. The number of benzene rings is 1. The quantitative estimate of drug-likeness (QED) is 0.318. The number of nitrogens with zero attached hydrogens (tertiary/aromatic N) is 4. The highest BCUT2D eigenvalue weighted by Gasteiger charge is 2.34. The van der Waals surface area contributed by atoms with Crippen LogP contribution in [0.1, 0.15) is 43.0 Å². The van der Waals surface area contributed by atoms with E-state index in [4.69, 9.17) is 16.1 Å². The van der Waals surface area contributed by atoms with Gasteiger partial charge in [0.2, 0.25) is 11.2 Å². The molecule has 0 radical (unpaired) electrons. The summed E-state index contributed by atoms with van der Waals surface area (Å²) in [5.74, 6) is -0.358. The minimum absolute atomic E-state index is 0.0336. The SMILES string of the molecule is CN(C)CC1CCC([n+]2cc(NC(=O)Nc3cc(NC(=O)Cc4ccccc4Cl)nc(C(F)(F)F)c3)on2)CC1. The number of pyridine rings is 1. The van der Waals surface area contributed by atoms with E-state index in [2.05, 4.69) is 45.2 Å². The first-order chi connectivity index (χ1) is 19.0. The fraction of sp³-hybridized carbons (Fsp3) is 0.423. The number of aromatic nitrogens is 3. The maximum absolute atomic E-state index is 13.5. The van der Waals surface area contributed by atoms with Gasteiger partial charge in [0.25, 0.3) is 6.20 Å². The number of halogens is 4. The van der Waals surface area contributed by atoms with Crippen LogP contribution in [-0.2, 0) is 17.4 Å². The topological polar surface area (TPSA) is 116 Å². The van der Waals surface area contributed by atoms with Crippen LogP contribution in [0.2, 0.25) is 5.02 Å². The normalized spacial score (nSPS) is 17.5. The molecular formula is C26H30ClF3N7O3+. The average molecular weight is 581 g/mol. The second-order valence-electron chi connectivity index (χ2n) is 10.0. The van der Waals surface area contributed by atoms with Crippen molar-refractivity contribution in [1.29, 1.82) is 0 Å². The van der Waals surface area contributed by atoms with E-state index in [1.54, 1.807) is 35.1 Å². The summed E-state index contributed by atoms with van der Waals surface area (Å²) in [5.41, 5.74) is -1.03. The van der Waals surface area contributed by atoms with Crippen LogP contribution in [0.5, 0.6) is 0 Å². The van der Waals surface area contributed by atoms with Gasteiger partial charge < -0.3 is 15.5 Å². The van der Waals surface area contributed by atoms with Crippen molar-refractivity contribution >= 4 is 40.9 Å². The molecule has 0 saturated heterocycles. The van der Waals surface area contributed by atoms with Crippen LogP contribution in [0, 0.1) is 5.92 Å². The Hall–Kier alpha value is -3.71. The molecule has 1 aliphatic rings. The second-order valence-corrected chi connectivity index (χ2v) is 10.4. The van der Waals surface area contributed by atoms with Gasteiger partial charge in [0, 0.05) is 36.2 Å². The molecular weight excluding hydrogens is 551 g/mol. The highest BCUT2D eigenvalue weighted by atomic mass is 35.5. The van der Waals surface area contributed by atoms with Crippen LogP contribution in [0.25, 0.3) is 0 Å². The van der Waals surface area contributed by atoms with Crippen LogP contribution in [-0.4, -0.2) is 47.7 Å².